The van der Waals surface area contributed by atoms with Crippen molar-refractivity contribution in [2.45, 2.75) is 62.9 Å². The van der Waals surface area contributed by atoms with E-state index in [2.05, 4.69) is 164 Å². The Morgan fingerprint density at radius 3 is 1.63 bits per heavy atom. The van der Waals surface area contributed by atoms with Gasteiger partial charge < -0.3 is 0 Å². The van der Waals surface area contributed by atoms with Crippen molar-refractivity contribution in [2.24, 2.45) is 5.92 Å². The van der Waals surface area contributed by atoms with Gasteiger partial charge in [-0.1, -0.05) is 0 Å². The van der Waals surface area contributed by atoms with E-state index < -0.39 is 21.3 Å². The van der Waals surface area contributed by atoms with Crippen molar-refractivity contribution in [3.8, 4) is 11.1 Å². The van der Waals surface area contributed by atoms with Gasteiger partial charge in [-0.2, -0.15) is 0 Å². The van der Waals surface area contributed by atoms with Crippen molar-refractivity contribution >= 4 is 8.78 Å². The Morgan fingerprint density at radius 1 is 0.652 bits per heavy atom. The molecule has 2 aliphatic rings. The molecule has 1 nitrogen and oxygen atoms in total. The number of rotatable bonds is 5. The third kappa shape index (κ3) is 5.54. The predicted molar refractivity (Wildman–Crippen MR) is 191 cm³/mol. The molecule has 1 unspecified atom stereocenters. The fourth-order valence-corrected chi connectivity index (χ4v) is 17.3. The van der Waals surface area contributed by atoms with E-state index in [4.69, 9.17) is 4.42 Å². The van der Waals surface area contributed by atoms with Crippen LogP contribution < -0.4 is 0 Å². The number of hydrogen-bond acceptors (Lipinski definition) is 1. The minimum atomic E-state index is -2.96. The molecule has 7 rings (SSSR count). The van der Waals surface area contributed by atoms with E-state index >= 15 is 0 Å². The Bertz CT molecular complexity index is 1890. The van der Waals surface area contributed by atoms with Gasteiger partial charge in [0.05, 0.1) is 0 Å². The van der Waals surface area contributed by atoms with Crippen molar-refractivity contribution in [3.63, 3.8) is 0 Å². The van der Waals surface area contributed by atoms with Crippen LogP contribution in [0.2, 0.25) is 0 Å². The van der Waals surface area contributed by atoms with Crippen LogP contribution in [0.25, 0.3) is 16.7 Å². The Hall–Kier alpha value is -3.61. The van der Waals surface area contributed by atoms with E-state index in [1.54, 1.807) is 6.49 Å². The van der Waals surface area contributed by atoms with E-state index in [0.717, 1.165) is 0 Å². The Morgan fingerprint density at radius 2 is 1.17 bits per heavy atom. The van der Waals surface area contributed by atoms with Gasteiger partial charge in [-0.05, 0) is 0 Å². The molecule has 0 bridgehead atoms. The average molecular weight is 680 g/mol. The first kappa shape index (κ1) is 31.0. The second-order valence-electron chi connectivity index (χ2n) is 15.0. The molecule has 1 heterocycles. The van der Waals surface area contributed by atoms with Crippen LogP contribution in [0.5, 0.6) is 0 Å². The van der Waals surface area contributed by atoms with E-state index in [9.17, 15) is 0 Å². The van der Waals surface area contributed by atoms with Crippen molar-refractivity contribution in [3.05, 3.63) is 170 Å². The van der Waals surface area contributed by atoms with Gasteiger partial charge in [-0.15, -0.1) is 0 Å². The van der Waals surface area contributed by atoms with Crippen LogP contribution in [0, 0.1) is 5.92 Å². The molecular formula is C44H44OZr. The topological polar surface area (TPSA) is 13.1 Å². The molecule has 1 aromatic heterocycles. The SMILES string of the molecule is CC1C=CC(c2ccoc2)=[C]1[Zr](=[C](c1ccccc1)c1ccccc1)[CH]1c2ccc(C(C)(C)C)cc2-c2cc(C(C)(C)C)ccc21. The molecule has 0 aliphatic heterocycles. The fourth-order valence-electron chi connectivity index (χ4n) is 7.35. The van der Waals surface area contributed by atoms with Crippen molar-refractivity contribution in [1.82, 2.24) is 0 Å². The number of hydrogen-bond donors (Lipinski definition) is 0. The Labute approximate surface area is 282 Å². The summed E-state index contributed by atoms with van der Waals surface area (Å²) in [6, 6.07) is 39.5. The maximum absolute atomic E-state index is 5.69. The summed E-state index contributed by atoms with van der Waals surface area (Å²) in [4.78, 5) is 0. The van der Waals surface area contributed by atoms with Gasteiger partial charge in [0.1, 0.15) is 0 Å². The number of allylic oxidation sites excluding steroid dienone is 4. The standard InChI is InChI=1S/C21H25.C13H10.C10H9O.Zr/c1-20(2,3)16-9-7-14-11-15-8-10-17(21(4,5)6)13-19(15)18(14)12-16;1-3-7-12(8-4-1)11-13-9-5-2-6-10-13;1-8-2-3-9(6-8)10-4-5-11-7-10;/h7-13H,1-6H3;1-10H;2-5,7-8H,1H3;. The summed E-state index contributed by atoms with van der Waals surface area (Å²) in [5.74, 6) is 0.358. The molecule has 5 aromatic rings. The molecule has 230 valence electrons. The normalized spacial score (nSPS) is 16.1. The second kappa shape index (κ2) is 11.9. The van der Waals surface area contributed by atoms with Gasteiger partial charge >= 0.3 is 284 Å². The van der Waals surface area contributed by atoms with E-state index in [1.807, 2.05) is 12.5 Å². The summed E-state index contributed by atoms with van der Waals surface area (Å²) < 4.78 is 9.25. The molecule has 0 radical (unpaired) electrons. The predicted octanol–water partition coefficient (Wildman–Crippen LogP) is 11.4. The Balaban J connectivity index is 1.63. The summed E-state index contributed by atoms with van der Waals surface area (Å²) in [5, 5.41) is 0. The van der Waals surface area contributed by atoms with Crippen LogP contribution >= 0.6 is 0 Å². The third-order valence-corrected chi connectivity index (χ3v) is 18.8. The van der Waals surface area contributed by atoms with Gasteiger partial charge in [0.2, 0.25) is 0 Å². The van der Waals surface area contributed by atoms with Gasteiger partial charge in [0.15, 0.2) is 0 Å². The zero-order valence-corrected chi connectivity index (χ0v) is 30.6. The van der Waals surface area contributed by atoms with Crippen LogP contribution in [0.3, 0.4) is 0 Å². The fraction of sp³-hybridized carbons (Fsp3) is 0.250. The van der Waals surface area contributed by atoms with E-state index in [0.29, 0.717) is 9.54 Å². The number of furan rings is 1. The van der Waals surface area contributed by atoms with Crippen molar-refractivity contribution < 1.29 is 25.7 Å². The third-order valence-electron chi connectivity index (χ3n) is 9.85. The van der Waals surface area contributed by atoms with Crippen LogP contribution in [-0.4, -0.2) is 3.21 Å². The summed E-state index contributed by atoms with van der Waals surface area (Å²) in [6.07, 6.45) is 8.56. The maximum atomic E-state index is 5.69. The number of benzene rings is 4. The van der Waals surface area contributed by atoms with Gasteiger partial charge in [-0.3, -0.25) is 0 Å². The van der Waals surface area contributed by atoms with E-state index in [1.165, 1.54) is 55.6 Å². The molecule has 2 aliphatic carbocycles. The monoisotopic (exact) mass is 678 g/mol. The van der Waals surface area contributed by atoms with Gasteiger partial charge in [0.25, 0.3) is 0 Å². The second-order valence-corrected chi connectivity index (χ2v) is 21.1. The molecule has 0 amide bonds. The molecule has 2 heteroatoms. The van der Waals surface area contributed by atoms with Crippen LogP contribution in [0.1, 0.15) is 91.0 Å². The molecule has 0 saturated carbocycles. The minimum absolute atomic E-state index is 0.0722. The quantitative estimate of drug-likeness (QED) is 0.180. The summed E-state index contributed by atoms with van der Waals surface area (Å²) in [6.45, 7) is 16.4. The van der Waals surface area contributed by atoms with Crippen LogP contribution in [0.15, 0.2) is 136 Å². The first-order valence-corrected chi connectivity index (χ1v) is 20.5. The molecule has 46 heavy (non-hydrogen) atoms. The van der Waals surface area contributed by atoms with Crippen molar-refractivity contribution in [2.75, 3.05) is 0 Å². The molecule has 4 aromatic carbocycles. The van der Waals surface area contributed by atoms with Gasteiger partial charge in [-0.25, -0.2) is 0 Å². The molecule has 0 saturated heterocycles. The van der Waals surface area contributed by atoms with E-state index in [-0.39, 0.29) is 10.8 Å². The van der Waals surface area contributed by atoms with Gasteiger partial charge in [0, 0.05) is 0 Å². The molecular weight excluding hydrogens is 636 g/mol. The zero-order chi connectivity index (χ0) is 32.2. The molecule has 0 spiro atoms. The summed E-state index contributed by atoms with van der Waals surface area (Å²) in [7, 11) is 0. The first-order chi connectivity index (χ1) is 22.0. The first-order valence-electron chi connectivity index (χ1n) is 16.6. The average Bonchev–Trinajstić information content (AvgIpc) is 3.77. The Kier molecular flexibility index (Phi) is 8.01. The molecule has 1 atom stereocenters. The number of fused-ring (bicyclic) bond motifs is 3. The van der Waals surface area contributed by atoms with Crippen LogP contribution in [0.4, 0.5) is 0 Å². The van der Waals surface area contributed by atoms with Crippen LogP contribution in [-0.2, 0) is 32.1 Å². The van der Waals surface area contributed by atoms with Crippen molar-refractivity contribution in [1.29, 1.82) is 0 Å². The molecule has 0 N–H and O–H groups in total. The summed E-state index contributed by atoms with van der Waals surface area (Å²) >= 11 is -2.96. The summed E-state index contributed by atoms with van der Waals surface area (Å²) in [5.41, 5.74) is 14.1. The zero-order valence-electron chi connectivity index (χ0n) is 28.2. The molecule has 0 fully saturated rings.